The van der Waals surface area contributed by atoms with Crippen LogP contribution in [-0.4, -0.2) is 35.4 Å². The largest absolute Gasteiger partial charge is 0.465 e. The van der Waals surface area contributed by atoms with Crippen LogP contribution < -0.4 is 5.56 Å². The van der Waals surface area contributed by atoms with Crippen molar-refractivity contribution in [1.29, 1.82) is 0 Å². The summed E-state index contributed by atoms with van der Waals surface area (Å²) < 4.78 is 10.9. The first kappa shape index (κ1) is 21.0. The van der Waals surface area contributed by atoms with Gasteiger partial charge >= 0.3 is 11.9 Å². The Morgan fingerprint density at radius 1 is 1.00 bits per heavy atom. The first-order valence-electron chi connectivity index (χ1n) is 9.52. The smallest absolute Gasteiger partial charge is 0.344 e. The highest BCUT2D eigenvalue weighted by atomic mass is 16.5. The van der Waals surface area contributed by atoms with Crippen molar-refractivity contribution in [3.63, 3.8) is 0 Å². The van der Waals surface area contributed by atoms with Crippen LogP contribution >= 0.6 is 0 Å². The van der Waals surface area contributed by atoms with Crippen LogP contribution in [0.4, 0.5) is 0 Å². The fourth-order valence-electron chi connectivity index (χ4n) is 3.14. The Labute approximate surface area is 173 Å². The number of rotatable bonds is 6. The zero-order chi connectivity index (χ0) is 21.7. The van der Waals surface area contributed by atoms with E-state index < -0.39 is 23.5 Å². The van der Waals surface area contributed by atoms with Gasteiger partial charge in [0.25, 0.3) is 5.56 Å². The third kappa shape index (κ3) is 4.00. The summed E-state index contributed by atoms with van der Waals surface area (Å²) in [5.41, 5.74) is 1.15. The average molecular weight is 406 g/mol. The highest BCUT2D eigenvalue weighted by Crippen LogP contribution is 2.32. The van der Waals surface area contributed by atoms with Gasteiger partial charge in [0.05, 0.1) is 19.4 Å². The van der Waals surface area contributed by atoms with E-state index in [1.54, 1.807) is 31.2 Å². The summed E-state index contributed by atoms with van der Waals surface area (Å²) in [5.74, 6) is -1.42. The van der Waals surface area contributed by atoms with Crippen LogP contribution in [0.2, 0.25) is 0 Å². The number of nitrogens with zero attached hydrogens (tertiary/aromatic N) is 2. The van der Waals surface area contributed by atoms with Crippen LogP contribution in [0.5, 0.6) is 0 Å². The Hall–Kier alpha value is -3.74. The van der Waals surface area contributed by atoms with Gasteiger partial charge in [-0.1, -0.05) is 60.7 Å². The molecule has 154 valence electrons. The number of benzene rings is 2. The third-order valence-electron chi connectivity index (χ3n) is 4.61. The number of carbonyl (C=O) groups is 2. The molecule has 0 unspecified atom stereocenters. The Morgan fingerprint density at radius 2 is 1.57 bits per heavy atom. The Balaban J connectivity index is 2.41. The molecule has 3 aromatic rings. The number of esters is 2. The lowest BCUT2D eigenvalue weighted by Crippen LogP contribution is -2.36. The molecule has 0 amide bonds. The van der Waals surface area contributed by atoms with Gasteiger partial charge in [0, 0.05) is 11.1 Å². The van der Waals surface area contributed by atoms with E-state index in [-0.39, 0.29) is 12.2 Å². The van der Waals surface area contributed by atoms with E-state index in [1.165, 1.54) is 14.0 Å². The van der Waals surface area contributed by atoms with Crippen molar-refractivity contribution in [1.82, 2.24) is 9.78 Å². The lowest BCUT2D eigenvalue weighted by molar-refractivity contribution is -0.147. The van der Waals surface area contributed by atoms with Gasteiger partial charge < -0.3 is 9.47 Å². The summed E-state index contributed by atoms with van der Waals surface area (Å²) in [6.45, 7) is 3.34. The lowest BCUT2D eigenvalue weighted by Gasteiger charge is -2.19. The number of methoxy groups -OCH3 is 1. The van der Waals surface area contributed by atoms with E-state index in [1.807, 2.05) is 36.4 Å². The minimum absolute atomic E-state index is 0.162. The van der Waals surface area contributed by atoms with Crippen LogP contribution in [0.25, 0.3) is 22.4 Å². The fraction of sp³-hybridized carbons (Fsp3) is 0.217. The van der Waals surface area contributed by atoms with Crippen molar-refractivity contribution in [2.24, 2.45) is 0 Å². The normalized spacial score (nSPS) is 11.6. The topological polar surface area (TPSA) is 87.5 Å². The van der Waals surface area contributed by atoms with Crippen molar-refractivity contribution in [3.8, 4) is 22.4 Å². The zero-order valence-electron chi connectivity index (χ0n) is 17.0. The van der Waals surface area contributed by atoms with E-state index in [4.69, 9.17) is 9.47 Å². The van der Waals surface area contributed by atoms with Gasteiger partial charge in [-0.25, -0.2) is 14.3 Å². The molecule has 1 heterocycles. The molecule has 1 aromatic heterocycles. The quantitative estimate of drug-likeness (QED) is 0.583. The van der Waals surface area contributed by atoms with E-state index in [0.717, 1.165) is 4.68 Å². The molecular formula is C23H22N2O5. The Kier molecular flexibility index (Phi) is 6.41. The number of carbonyl (C=O) groups excluding carboxylic acids is 2. The van der Waals surface area contributed by atoms with E-state index in [2.05, 4.69) is 5.10 Å². The van der Waals surface area contributed by atoms with Crippen LogP contribution in [0, 0.1) is 0 Å². The highest BCUT2D eigenvalue weighted by Gasteiger charge is 2.29. The van der Waals surface area contributed by atoms with Crippen LogP contribution in [0.3, 0.4) is 0 Å². The molecule has 0 aliphatic heterocycles. The molecule has 0 fully saturated rings. The molecule has 7 nitrogen and oxygen atoms in total. The SMILES string of the molecule is CCOC(=O)[C@H](C)n1nc(-c2ccccc2)c(-c2ccccc2)c(C(=O)OC)c1=O. The monoisotopic (exact) mass is 406 g/mol. The fourth-order valence-corrected chi connectivity index (χ4v) is 3.14. The maximum Gasteiger partial charge on any atom is 0.344 e. The minimum Gasteiger partial charge on any atom is -0.465 e. The molecular weight excluding hydrogens is 384 g/mol. The summed E-state index contributed by atoms with van der Waals surface area (Å²) in [6.07, 6.45) is 0. The van der Waals surface area contributed by atoms with Crippen LogP contribution in [0.1, 0.15) is 30.2 Å². The van der Waals surface area contributed by atoms with Gasteiger partial charge in [-0.05, 0) is 19.4 Å². The summed E-state index contributed by atoms with van der Waals surface area (Å²) in [6, 6.07) is 17.1. The zero-order valence-corrected chi connectivity index (χ0v) is 17.0. The van der Waals surface area contributed by atoms with Gasteiger partial charge in [0.2, 0.25) is 0 Å². The number of hydrogen-bond donors (Lipinski definition) is 0. The van der Waals surface area contributed by atoms with Gasteiger partial charge in [-0.3, -0.25) is 4.79 Å². The average Bonchev–Trinajstić information content (AvgIpc) is 2.79. The van der Waals surface area contributed by atoms with Crippen molar-refractivity contribution in [3.05, 3.63) is 76.6 Å². The molecule has 0 aliphatic rings. The molecule has 1 atom stereocenters. The molecule has 0 bridgehead atoms. The summed E-state index contributed by atoms with van der Waals surface area (Å²) in [4.78, 5) is 38.3. The molecule has 0 saturated carbocycles. The van der Waals surface area contributed by atoms with Crippen molar-refractivity contribution in [2.45, 2.75) is 19.9 Å². The maximum atomic E-state index is 13.3. The minimum atomic E-state index is -1.02. The standard InChI is InChI=1S/C23H22N2O5/c1-4-30-22(27)15(2)25-21(26)19(23(28)29-3)18(16-11-7-5-8-12-16)20(24-25)17-13-9-6-10-14-17/h5-15H,4H2,1-3H3/t15-/m0/s1. The molecule has 7 heteroatoms. The molecule has 0 N–H and O–H groups in total. The van der Waals surface area contributed by atoms with Gasteiger partial charge in [0.15, 0.2) is 6.04 Å². The number of aromatic nitrogens is 2. The Bertz CT molecular complexity index is 1110. The van der Waals surface area contributed by atoms with Gasteiger partial charge in [-0.2, -0.15) is 5.10 Å². The summed E-state index contributed by atoms with van der Waals surface area (Å²) >= 11 is 0. The first-order chi connectivity index (χ1) is 14.5. The molecule has 0 radical (unpaired) electrons. The second-order valence-electron chi connectivity index (χ2n) is 6.50. The first-order valence-corrected chi connectivity index (χ1v) is 9.52. The number of ether oxygens (including phenoxy) is 2. The van der Waals surface area contributed by atoms with Crippen molar-refractivity contribution in [2.75, 3.05) is 13.7 Å². The van der Waals surface area contributed by atoms with Crippen molar-refractivity contribution >= 4 is 11.9 Å². The molecule has 3 rings (SSSR count). The lowest BCUT2D eigenvalue weighted by atomic mass is 9.95. The molecule has 0 spiro atoms. The highest BCUT2D eigenvalue weighted by molar-refractivity contribution is 6.00. The maximum absolute atomic E-state index is 13.3. The van der Waals surface area contributed by atoms with Crippen LogP contribution in [0.15, 0.2) is 65.5 Å². The second kappa shape index (κ2) is 9.17. The van der Waals surface area contributed by atoms with E-state index in [9.17, 15) is 14.4 Å². The predicted octanol–water partition coefficient (Wildman–Crippen LogP) is 3.49. The van der Waals surface area contributed by atoms with Gasteiger partial charge in [0.1, 0.15) is 5.56 Å². The van der Waals surface area contributed by atoms with Gasteiger partial charge in [-0.15, -0.1) is 0 Å². The Morgan fingerprint density at radius 3 is 2.10 bits per heavy atom. The van der Waals surface area contributed by atoms with E-state index >= 15 is 0 Å². The molecule has 0 aliphatic carbocycles. The van der Waals surface area contributed by atoms with Crippen molar-refractivity contribution < 1.29 is 19.1 Å². The third-order valence-corrected chi connectivity index (χ3v) is 4.61. The molecule has 2 aromatic carbocycles. The second-order valence-corrected chi connectivity index (χ2v) is 6.50. The summed E-state index contributed by atoms with van der Waals surface area (Å²) in [7, 11) is 1.21. The molecule has 30 heavy (non-hydrogen) atoms. The summed E-state index contributed by atoms with van der Waals surface area (Å²) in [5, 5.41) is 4.50. The number of hydrogen-bond acceptors (Lipinski definition) is 6. The molecule has 0 saturated heterocycles. The predicted molar refractivity (Wildman–Crippen MR) is 112 cm³/mol. The van der Waals surface area contributed by atoms with E-state index in [0.29, 0.717) is 22.4 Å². The van der Waals surface area contributed by atoms with Crippen LogP contribution in [-0.2, 0) is 14.3 Å².